The zero-order valence-electron chi connectivity index (χ0n) is 7.65. The van der Waals surface area contributed by atoms with Gasteiger partial charge in [-0.25, -0.2) is 0 Å². The van der Waals surface area contributed by atoms with Crippen LogP contribution in [0.2, 0.25) is 0 Å². The molecule has 1 atom stereocenters. The lowest BCUT2D eigenvalue weighted by Gasteiger charge is -2.12. The summed E-state index contributed by atoms with van der Waals surface area (Å²) < 4.78 is 0. The number of nitrogens with two attached hydrogens (primary N) is 1. The number of hydrogen-bond acceptors (Lipinski definition) is 3. The summed E-state index contributed by atoms with van der Waals surface area (Å²) in [4.78, 5) is 12.7. The van der Waals surface area contributed by atoms with Crippen molar-refractivity contribution in [1.82, 2.24) is 4.98 Å². The average Bonchev–Trinajstić information content (AvgIpc) is 2.50. The molecular formula is C8H13N3O2. The zero-order chi connectivity index (χ0) is 10.0. The fourth-order valence-electron chi connectivity index (χ4n) is 1.06. The minimum atomic E-state index is -0.437. The van der Waals surface area contributed by atoms with Crippen LogP contribution in [0.25, 0.3) is 0 Å². The van der Waals surface area contributed by atoms with E-state index in [9.17, 15) is 10.1 Å². The molecule has 0 fully saturated rings. The molecule has 0 aliphatic heterocycles. The number of nitrogens with zero attached hydrogens (tertiary/aromatic N) is 1. The summed E-state index contributed by atoms with van der Waals surface area (Å²) in [6, 6.07) is 1.30. The summed E-state index contributed by atoms with van der Waals surface area (Å²) in [6.07, 6.45) is 1.36. The summed E-state index contributed by atoms with van der Waals surface area (Å²) in [7, 11) is 0. The Morgan fingerprint density at radius 3 is 2.62 bits per heavy atom. The number of nitro groups is 1. The first-order valence-electron chi connectivity index (χ1n) is 4.10. The van der Waals surface area contributed by atoms with Crippen molar-refractivity contribution < 1.29 is 4.92 Å². The Labute approximate surface area is 76.1 Å². The van der Waals surface area contributed by atoms with Gasteiger partial charge < -0.3 is 10.7 Å². The van der Waals surface area contributed by atoms with Gasteiger partial charge in [0.05, 0.1) is 11.1 Å². The van der Waals surface area contributed by atoms with E-state index in [1.165, 1.54) is 12.3 Å². The monoisotopic (exact) mass is 183 g/mol. The van der Waals surface area contributed by atoms with Crippen LogP contribution < -0.4 is 5.73 Å². The molecule has 0 aliphatic rings. The summed E-state index contributed by atoms with van der Waals surface area (Å²) >= 11 is 0. The molecule has 0 unspecified atom stereocenters. The van der Waals surface area contributed by atoms with Gasteiger partial charge in [-0.1, -0.05) is 13.8 Å². The highest BCUT2D eigenvalue weighted by atomic mass is 16.6. The molecule has 5 nitrogen and oxygen atoms in total. The van der Waals surface area contributed by atoms with E-state index in [0.717, 1.165) is 0 Å². The molecule has 0 saturated heterocycles. The van der Waals surface area contributed by atoms with E-state index >= 15 is 0 Å². The number of nitrogens with one attached hydrogen (secondary N) is 1. The molecule has 0 aromatic carbocycles. The van der Waals surface area contributed by atoms with Crippen LogP contribution in [0.15, 0.2) is 12.3 Å². The molecule has 72 valence electrons. The maximum atomic E-state index is 10.4. The van der Waals surface area contributed by atoms with Crippen molar-refractivity contribution in [3.63, 3.8) is 0 Å². The van der Waals surface area contributed by atoms with Gasteiger partial charge in [0.2, 0.25) is 0 Å². The van der Waals surface area contributed by atoms with Crippen molar-refractivity contribution in [3.05, 3.63) is 28.1 Å². The highest BCUT2D eigenvalue weighted by Gasteiger charge is 2.16. The second-order valence-electron chi connectivity index (χ2n) is 3.34. The lowest BCUT2D eigenvalue weighted by atomic mass is 10.0. The predicted molar refractivity (Wildman–Crippen MR) is 49.2 cm³/mol. The lowest BCUT2D eigenvalue weighted by molar-refractivity contribution is -0.384. The molecule has 5 heteroatoms. The third kappa shape index (κ3) is 2.06. The van der Waals surface area contributed by atoms with Crippen LogP contribution in [0, 0.1) is 16.0 Å². The van der Waals surface area contributed by atoms with Crippen molar-refractivity contribution in [2.24, 2.45) is 11.7 Å². The largest absolute Gasteiger partial charge is 0.358 e. The van der Waals surface area contributed by atoms with Crippen LogP contribution in [0.3, 0.4) is 0 Å². The molecule has 0 saturated carbocycles. The molecule has 1 aromatic heterocycles. The molecule has 0 radical (unpaired) electrons. The van der Waals surface area contributed by atoms with E-state index in [4.69, 9.17) is 5.73 Å². The second kappa shape index (κ2) is 3.57. The predicted octanol–water partition coefficient (Wildman–Crippen LogP) is 1.58. The topological polar surface area (TPSA) is 84.9 Å². The third-order valence-corrected chi connectivity index (χ3v) is 1.98. The van der Waals surface area contributed by atoms with Crippen molar-refractivity contribution >= 4 is 5.69 Å². The Morgan fingerprint density at radius 1 is 1.62 bits per heavy atom. The average molecular weight is 183 g/mol. The molecule has 13 heavy (non-hydrogen) atoms. The van der Waals surface area contributed by atoms with Gasteiger partial charge in [-0.3, -0.25) is 10.1 Å². The first-order chi connectivity index (χ1) is 6.02. The number of hydrogen-bond donors (Lipinski definition) is 2. The Morgan fingerprint density at radius 2 is 2.23 bits per heavy atom. The Balaban J connectivity index is 2.85. The first-order valence-corrected chi connectivity index (χ1v) is 4.10. The Kier molecular flexibility index (Phi) is 2.67. The fourth-order valence-corrected chi connectivity index (χ4v) is 1.06. The minimum absolute atomic E-state index is 0.0612. The summed E-state index contributed by atoms with van der Waals surface area (Å²) in [5.41, 5.74) is 6.57. The van der Waals surface area contributed by atoms with Crippen LogP contribution >= 0.6 is 0 Å². The fraction of sp³-hybridized carbons (Fsp3) is 0.500. The SMILES string of the molecule is CC(C)[C@@H](N)c1cc([N+](=O)[O-])c[nH]1. The number of H-pyrrole nitrogens is 1. The van der Waals surface area contributed by atoms with Gasteiger partial charge in [-0.05, 0) is 5.92 Å². The number of aromatic nitrogens is 1. The van der Waals surface area contributed by atoms with Gasteiger partial charge in [0.1, 0.15) is 0 Å². The van der Waals surface area contributed by atoms with E-state index in [0.29, 0.717) is 5.69 Å². The molecular weight excluding hydrogens is 170 g/mol. The van der Waals surface area contributed by atoms with Crippen LogP contribution in [0.1, 0.15) is 25.6 Å². The smallest absolute Gasteiger partial charge is 0.287 e. The van der Waals surface area contributed by atoms with E-state index in [-0.39, 0.29) is 17.6 Å². The van der Waals surface area contributed by atoms with E-state index < -0.39 is 4.92 Å². The second-order valence-corrected chi connectivity index (χ2v) is 3.34. The third-order valence-electron chi connectivity index (χ3n) is 1.98. The Bertz CT molecular complexity index is 306. The van der Waals surface area contributed by atoms with Crippen LogP contribution in [-0.2, 0) is 0 Å². The van der Waals surface area contributed by atoms with Crippen LogP contribution in [0.4, 0.5) is 5.69 Å². The van der Waals surface area contributed by atoms with Gasteiger partial charge >= 0.3 is 0 Å². The van der Waals surface area contributed by atoms with Gasteiger partial charge in [0, 0.05) is 17.8 Å². The quantitative estimate of drug-likeness (QED) is 0.551. The standard InChI is InChI=1S/C8H13N3O2/c1-5(2)8(9)7-3-6(4-10-7)11(12)13/h3-5,8,10H,9H2,1-2H3/t8-/m1/s1. The minimum Gasteiger partial charge on any atom is -0.358 e. The van der Waals surface area contributed by atoms with E-state index in [1.807, 2.05) is 13.8 Å². The van der Waals surface area contributed by atoms with Gasteiger partial charge in [-0.15, -0.1) is 0 Å². The van der Waals surface area contributed by atoms with Crippen molar-refractivity contribution in [3.8, 4) is 0 Å². The van der Waals surface area contributed by atoms with Crippen LogP contribution in [-0.4, -0.2) is 9.91 Å². The summed E-state index contributed by atoms with van der Waals surface area (Å²) in [6.45, 7) is 3.94. The summed E-state index contributed by atoms with van der Waals surface area (Å²) in [5.74, 6) is 0.262. The summed E-state index contributed by atoms with van der Waals surface area (Å²) in [5, 5.41) is 10.4. The molecule has 3 N–H and O–H groups in total. The van der Waals surface area contributed by atoms with E-state index in [2.05, 4.69) is 4.98 Å². The van der Waals surface area contributed by atoms with Crippen LogP contribution in [0.5, 0.6) is 0 Å². The molecule has 1 heterocycles. The lowest BCUT2D eigenvalue weighted by Crippen LogP contribution is -2.16. The highest BCUT2D eigenvalue weighted by Crippen LogP contribution is 2.21. The molecule has 0 spiro atoms. The maximum absolute atomic E-state index is 10.4. The molecule has 0 aliphatic carbocycles. The van der Waals surface area contributed by atoms with Gasteiger partial charge in [0.15, 0.2) is 0 Å². The van der Waals surface area contributed by atoms with E-state index in [1.54, 1.807) is 0 Å². The van der Waals surface area contributed by atoms with Gasteiger partial charge in [0.25, 0.3) is 5.69 Å². The normalized spacial score (nSPS) is 13.2. The highest BCUT2D eigenvalue weighted by molar-refractivity contribution is 5.31. The molecule has 0 amide bonds. The van der Waals surface area contributed by atoms with Crippen molar-refractivity contribution in [2.45, 2.75) is 19.9 Å². The maximum Gasteiger partial charge on any atom is 0.287 e. The number of rotatable bonds is 3. The molecule has 0 bridgehead atoms. The van der Waals surface area contributed by atoms with Crippen molar-refractivity contribution in [2.75, 3.05) is 0 Å². The Hall–Kier alpha value is -1.36. The molecule has 1 aromatic rings. The van der Waals surface area contributed by atoms with Gasteiger partial charge in [-0.2, -0.15) is 0 Å². The first kappa shape index (κ1) is 9.73. The van der Waals surface area contributed by atoms with Crippen molar-refractivity contribution in [1.29, 1.82) is 0 Å². The molecule has 1 rings (SSSR count). The zero-order valence-corrected chi connectivity index (χ0v) is 7.65. The number of aromatic amines is 1.